The molecule has 2 heterocycles. The Labute approximate surface area is 159 Å². The molecule has 1 unspecified atom stereocenters. The van der Waals surface area contributed by atoms with Crippen molar-refractivity contribution in [3.05, 3.63) is 48.0 Å². The van der Waals surface area contributed by atoms with Gasteiger partial charge in [0, 0.05) is 36.5 Å². The predicted octanol–water partition coefficient (Wildman–Crippen LogP) is 2.66. The number of amides is 3. The summed E-state index contributed by atoms with van der Waals surface area (Å²) in [5.41, 5.74) is 0.768. The maximum Gasteiger partial charge on any atom is 0.319 e. The van der Waals surface area contributed by atoms with Crippen LogP contribution in [0.25, 0.3) is 0 Å². The Balaban J connectivity index is 1.39. The van der Waals surface area contributed by atoms with Gasteiger partial charge in [0.1, 0.15) is 13.2 Å². The van der Waals surface area contributed by atoms with Crippen LogP contribution in [0.4, 0.5) is 25.0 Å². The first kappa shape index (κ1) is 18.0. The Hall–Kier alpha value is -3.36. The van der Waals surface area contributed by atoms with Gasteiger partial charge in [-0.3, -0.25) is 4.79 Å². The summed E-state index contributed by atoms with van der Waals surface area (Å²) in [5, 5.41) is 5.09. The van der Waals surface area contributed by atoms with Crippen molar-refractivity contribution < 1.29 is 27.8 Å². The highest BCUT2D eigenvalue weighted by Gasteiger charge is 2.32. The molecule has 2 N–H and O–H groups in total. The maximum absolute atomic E-state index is 13.2. The first-order valence-electron chi connectivity index (χ1n) is 8.72. The zero-order valence-electron chi connectivity index (χ0n) is 14.7. The molecule has 0 bridgehead atoms. The molecule has 2 aromatic rings. The van der Waals surface area contributed by atoms with Crippen molar-refractivity contribution in [1.29, 1.82) is 0 Å². The summed E-state index contributed by atoms with van der Waals surface area (Å²) in [6, 6.07) is 7.26. The van der Waals surface area contributed by atoms with Crippen LogP contribution in [-0.2, 0) is 4.79 Å². The fraction of sp³-hybridized carbons (Fsp3) is 0.263. The van der Waals surface area contributed by atoms with Crippen LogP contribution in [0, 0.1) is 11.6 Å². The fourth-order valence-electron chi connectivity index (χ4n) is 3.18. The number of anilines is 2. The number of fused-ring (bicyclic) bond motifs is 1. The Morgan fingerprint density at radius 2 is 1.82 bits per heavy atom. The van der Waals surface area contributed by atoms with E-state index in [1.54, 1.807) is 23.1 Å². The van der Waals surface area contributed by atoms with Gasteiger partial charge < -0.3 is 25.0 Å². The van der Waals surface area contributed by atoms with Crippen LogP contribution in [0.15, 0.2) is 36.4 Å². The van der Waals surface area contributed by atoms with Crippen LogP contribution in [0.2, 0.25) is 0 Å². The largest absolute Gasteiger partial charge is 0.486 e. The molecule has 2 aliphatic rings. The Morgan fingerprint density at radius 1 is 1.04 bits per heavy atom. The van der Waals surface area contributed by atoms with Crippen LogP contribution in [-0.4, -0.2) is 37.7 Å². The molecule has 1 atom stereocenters. The van der Waals surface area contributed by atoms with Gasteiger partial charge in [0.15, 0.2) is 23.1 Å². The molecule has 146 valence electrons. The molecule has 4 rings (SSSR count). The van der Waals surface area contributed by atoms with Crippen LogP contribution >= 0.6 is 0 Å². The lowest BCUT2D eigenvalue weighted by Crippen LogP contribution is -2.39. The smallest absolute Gasteiger partial charge is 0.319 e. The highest BCUT2D eigenvalue weighted by atomic mass is 19.2. The van der Waals surface area contributed by atoms with E-state index in [4.69, 9.17) is 9.47 Å². The first-order chi connectivity index (χ1) is 13.5. The minimum absolute atomic E-state index is 0.115. The minimum atomic E-state index is -1.06. The lowest BCUT2D eigenvalue weighted by atomic mass is 10.2. The number of halogens is 2. The number of nitrogens with zero attached hydrogens (tertiary/aromatic N) is 1. The minimum Gasteiger partial charge on any atom is -0.486 e. The van der Waals surface area contributed by atoms with E-state index >= 15 is 0 Å². The number of hydrogen-bond acceptors (Lipinski definition) is 4. The van der Waals surface area contributed by atoms with Gasteiger partial charge in [-0.25, -0.2) is 13.6 Å². The van der Waals surface area contributed by atoms with Gasteiger partial charge in [-0.05, 0) is 24.3 Å². The lowest BCUT2D eigenvalue weighted by Gasteiger charge is -2.22. The van der Waals surface area contributed by atoms with E-state index in [1.807, 2.05) is 0 Å². The predicted molar refractivity (Wildman–Crippen MR) is 96.7 cm³/mol. The molecule has 0 radical (unpaired) electrons. The van der Waals surface area contributed by atoms with Gasteiger partial charge >= 0.3 is 6.03 Å². The Bertz CT molecular complexity index is 937. The molecule has 0 aromatic heterocycles. The SMILES string of the molecule is O=C(Nc1ccc(F)c(F)c1)NC1CC(=O)N(c2ccc3c(c2)OCCO3)C1. The Kier molecular flexibility index (Phi) is 4.72. The molecule has 3 amide bonds. The van der Waals surface area contributed by atoms with Crippen LogP contribution in [0.5, 0.6) is 11.5 Å². The van der Waals surface area contributed by atoms with Gasteiger partial charge in [0.2, 0.25) is 5.91 Å². The van der Waals surface area contributed by atoms with Crippen molar-refractivity contribution in [2.24, 2.45) is 0 Å². The van der Waals surface area contributed by atoms with E-state index in [0.29, 0.717) is 30.4 Å². The van der Waals surface area contributed by atoms with Crippen molar-refractivity contribution >= 4 is 23.3 Å². The summed E-state index contributed by atoms with van der Waals surface area (Å²) in [6.45, 7) is 1.20. The monoisotopic (exact) mass is 389 g/mol. The number of ether oxygens (including phenoxy) is 2. The van der Waals surface area contributed by atoms with Gasteiger partial charge in [-0.2, -0.15) is 0 Å². The van der Waals surface area contributed by atoms with Crippen molar-refractivity contribution in [1.82, 2.24) is 5.32 Å². The van der Waals surface area contributed by atoms with Crippen molar-refractivity contribution in [3.8, 4) is 11.5 Å². The molecular formula is C19H17F2N3O4. The summed E-state index contributed by atoms with van der Waals surface area (Å²) in [6.07, 6.45) is 0.125. The molecule has 0 spiro atoms. The number of rotatable bonds is 3. The zero-order valence-corrected chi connectivity index (χ0v) is 14.7. The van der Waals surface area contributed by atoms with E-state index in [2.05, 4.69) is 10.6 Å². The molecule has 28 heavy (non-hydrogen) atoms. The molecule has 9 heteroatoms. The number of benzene rings is 2. The topological polar surface area (TPSA) is 79.9 Å². The molecular weight excluding hydrogens is 372 g/mol. The highest BCUT2D eigenvalue weighted by Crippen LogP contribution is 2.35. The normalized spacial score (nSPS) is 18.1. The van der Waals surface area contributed by atoms with Gasteiger partial charge in [-0.1, -0.05) is 0 Å². The highest BCUT2D eigenvalue weighted by molar-refractivity contribution is 5.98. The molecule has 2 aliphatic heterocycles. The fourth-order valence-corrected chi connectivity index (χ4v) is 3.18. The van der Waals surface area contributed by atoms with Crippen molar-refractivity contribution in [2.45, 2.75) is 12.5 Å². The summed E-state index contributed by atoms with van der Waals surface area (Å²) in [7, 11) is 0. The van der Waals surface area contributed by atoms with Crippen LogP contribution in [0.3, 0.4) is 0 Å². The third-order valence-electron chi connectivity index (χ3n) is 4.48. The van der Waals surface area contributed by atoms with E-state index in [9.17, 15) is 18.4 Å². The average Bonchev–Trinajstić information content (AvgIpc) is 3.04. The maximum atomic E-state index is 13.2. The number of carbonyl (C=O) groups excluding carboxylic acids is 2. The van der Waals surface area contributed by atoms with E-state index in [0.717, 1.165) is 12.1 Å². The second-order valence-electron chi connectivity index (χ2n) is 6.46. The van der Waals surface area contributed by atoms with Gasteiger partial charge in [0.25, 0.3) is 0 Å². The Morgan fingerprint density at radius 3 is 2.61 bits per heavy atom. The molecule has 1 fully saturated rings. The molecule has 0 aliphatic carbocycles. The molecule has 2 aromatic carbocycles. The zero-order chi connectivity index (χ0) is 19.7. The standard InChI is InChI=1S/C19H17F2N3O4/c20-14-3-1-11(7-15(14)21)22-19(26)23-12-8-18(25)24(10-12)13-2-4-16-17(9-13)28-6-5-27-16/h1-4,7,9,12H,5-6,8,10H2,(H2,22,23,26). The number of urea groups is 1. The van der Waals surface area contributed by atoms with Crippen molar-refractivity contribution in [2.75, 3.05) is 30.0 Å². The molecule has 1 saturated heterocycles. The molecule has 0 saturated carbocycles. The summed E-state index contributed by atoms with van der Waals surface area (Å²) < 4.78 is 37.2. The van der Waals surface area contributed by atoms with Crippen LogP contribution in [0.1, 0.15) is 6.42 Å². The van der Waals surface area contributed by atoms with Crippen LogP contribution < -0.4 is 25.0 Å². The number of hydrogen-bond donors (Lipinski definition) is 2. The lowest BCUT2D eigenvalue weighted by molar-refractivity contribution is -0.117. The number of carbonyl (C=O) groups is 2. The first-order valence-corrected chi connectivity index (χ1v) is 8.72. The second kappa shape index (κ2) is 7.34. The quantitative estimate of drug-likeness (QED) is 0.846. The average molecular weight is 389 g/mol. The van der Waals surface area contributed by atoms with E-state index in [1.165, 1.54) is 6.07 Å². The van der Waals surface area contributed by atoms with E-state index < -0.39 is 23.7 Å². The third-order valence-corrected chi connectivity index (χ3v) is 4.48. The van der Waals surface area contributed by atoms with Gasteiger partial charge in [-0.15, -0.1) is 0 Å². The van der Waals surface area contributed by atoms with Gasteiger partial charge in [0.05, 0.1) is 6.04 Å². The second-order valence-corrected chi connectivity index (χ2v) is 6.46. The van der Waals surface area contributed by atoms with Crippen molar-refractivity contribution in [3.63, 3.8) is 0 Å². The summed E-state index contributed by atoms with van der Waals surface area (Å²) in [5.74, 6) is -0.998. The molecule has 7 nitrogen and oxygen atoms in total. The summed E-state index contributed by atoms with van der Waals surface area (Å²) in [4.78, 5) is 26.0. The van der Waals surface area contributed by atoms with E-state index in [-0.39, 0.29) is 24.6 Å². The number of nitrogens with one attached hydrogen (secondary N) is 2. The summed E-state index contributed by atoms with van der Waals surface area (Å²) >= 11 is 0. The third kappa shape index (κ3) is 3.68.